The number of hydrogen-bond acceptors (Lipinski definition) is 5. The van der Waals surface area contributed by atoms with Gasteiger partial charge in [-0.1, -0.05) is 29.5 Å². The van der Waals surface area contributed by atoms with Crippen molar-refractivity contribution >= 4 is 27.5 Å². The molecule has 0 radical (unpaired) electrons. The SMILES string of the molecule is CCOCCn1c(=NC(=O)Cc2ccc(C)c(C)c2)sc2cc(OC)c(OC)cc21. The van der Waals surface area contributed by atoms with Crippen LogP contribution in [0.5, 0.6) is 11.5 Å². The van der Waals surface area contributed by atoms with Crippen molar-refractivity contribution in [3.63, 3.8) is 0 Å². The third-order valence-corrected chi connectivity index (χ3v) is 6.04. The Kier molecular flexibility index (Phi) is 7.29. The molecule has 0 aliphatic heterocycles. The Bertz CT molecular complexity index is 1110. The van der Waals surface area contributed by atoms with Crippen LogP contribution in [0.4, 0.5) is 0 Å². The smallest absolute Gasteiger partial charge is 0.252 e. The summed E-state index contributed by atoms with van der Waals surface area (Å²) in [5, 5.41) is 0. The van der Waals surface area contributed by atoms with Crippen LogP contribution >= 0.6 is 11.3 Å². The molecular formula is C23H28N2O4S. The molecule has 2 aromatic carbocycles. The summed E-state index contributed by atoms with van der Waals surface area (Å²) < 4.78 is 19.4. The van der Waals surface area contributed by atoms with Gasteiger partial charge in [-0.05, 0) is 37.5 Å². The second kappa shape index (κ2) is 9.91. The molecule has 0 saturated heterocycles. The van der Waals surface area contributed by atoms with E-state index in [9.17, 15) is 4.79 Å². The molecule has 0 N–H and O–H groups in total. The van der Waals surface area contributed by atoms with E-state index in [2.05, 4.69) is 18.8 Å². The number of carbonyl (C=O) groups is 1. The molecule has 0 atom stereocenters. The lowest BCUT2D eigenvalue weighted by Gasteiger charge is -2.09. The highest BCUT2D eigenvalue weighted by atomic mass is 32.1. The highest BCUT2D eigenvalue weighted by molar-refractivity contribution is 7.16. The van der Waals surface area contributed by atoms with Crippen molar-refractivity contribution in [2.75, 3.05) is 27.4 Å². The maximum atomic E-state index is 12.7. The first-order valence-corrected chi connectivity index (χ1v) is 10.7. The number of methoxy groups -OCH3 is 2. The zero-order chi connectivity index (χ0) is 21.7. The van der Waals surface area contributed by atoms with Crippen molar-refractivity contribution < 1.29 is 19.0 Å². The van der Waals surface area contributed by atoms with Gasteiger partial charge in [0.15, 0.2) is 16.3 Å². The molecule has 3 aromatic rings. The van der Waals surface area contributed by atoms with Gasteiger partial charge in [0.25, 0.3) is 5.91 Å². The number of aryl methyl sites for hydroxylation is 2. The number of fused-ring (bicyclic) bond motifs is 1. The summed E-state index contributed by atoms with van der Waals surface area (Å²) in [4.78, 5) is 17.8. The molecule has 0 aliphatic rings. The van der Waals surface area contributed by atoms with Gasteiger partial charge in [0.05, 0.1) is 37.5 Å². The maximum absolute atomic E-state index is 12.7. The highest BCUT2D eigenvalue weighted by Crippen LogP contribution is 2.33. The quantitative estimate of drug-likeness (QED) is 0.508. The zero-order valence-electron chi connectivity index (χ0n) is 18.2. The molecule has 0 spiro atoms. The molecule has 0 fully saturated rings. The highest BCUT2D eigenvalue weighted by Gasteiger charge is 2.13. The van der Waals surface area contributed by atoms with Crippen LogP contribution in [-0.2, 0) is 22.5 Å². The van der Waals surface area contributed by atoms with E-state index >= 15 is 0 Å². The predicted molar refractivity (Wildman–Crippen MR) is 120 cm³/mol. The maximum Gasteiger partial charge on any atom is 0.252 e. The van der Waals surface area contributed by atoms with E-state index in [-0.39, 0.29) is 12.3 Å². The number of thiazole rings is 1. The number of carbonyl (C=O) groups excluding carboxylic acids is 1. The van der Waals surface area contributed by atoms with E-state index in [1.54, 1.807) is 14.2 Å². The average molecular weight is 429 g/mol. The van der Waals surface area contributed by atoms with E-state index in [4.69, 9.17) is 14.2 Å². The third kappa shape index (κ3) is 4.91. The van der Waals surface area contributed by atoms with Crippen molar-refractivity contribution in [2.45, 2.75) is 33.7 Å². The van der Waals surface area contributed by atoms with Crippen LogP contribution in [0.1, 0.15) is 23.6 Å². The Morgan fingerprint density at radius 2 is 1.80 bits per heavy atom. The summed E-state index contributed by atoms with van der Waals surface area (Å²) in [6.07, 6.45) is 0.271. The van der Waals surface area contributed by atoms with Crippen LogP contribution in [-0.4, -0.2) is 37.9 Å². The van der Waals surface area contributed by atoms with E-state index in [1.807, 2.05) is 41.8 Å². The van der Waals surface area contributed by atoms with Gasteiger partial charge in [-0.15, -0.1) is 0 Å². The number of hydrogen-bond donors (Lipinski definition) is 0. The first-order valence-electron chi connectivity index (χ1n) is 9.93. The van der Waals surface area contributed by atoms with Crippen LogP contribution in [0.3, 0.4) is 0 Å². The van der Waals surface area contributed by atoms with Crippen molar-refractivity contribution in [3.8, 4) is 11.5 Å². The molecule has 0 bridgehead atoms. The molecular weight excluding hydrogens is 400 g/mol. The summed E-state index contributed by atoms with van der Waals surface area (Å²) in [5.41, 5.74) is 4.30. The largest absolute Gasteiger partial charge is 0.493 e. The third-order valence-electron chi connectivity index (χ3n) is 5.00. The predicted octanol–water partition coefficient (Wildman–Crippen LogP) is 4.04. The molecule has 0 aliphatic carbocycles. The molecule has 30 heavy (non-hydrogen) atoms. The molecule has 160 valence electrons. The van der Waals surface area contributed by atoms with Gasteiger partial charge in [0, 0.05) is 25.3 Å². The van der Waals surface area contributed by atoms with E-state index in [1.165, 1.54) is 22.5 Å². The average Bonchev–Trinajstić information content (AvgIpc) is 3.05. The Balaban J connectivity index is 2.01. The topological polar surface area (TPSA) is 62.1 Å². The van der Waals surface area contributed by atoms with E-state index < -0.39 is 0 Å². The Morgan fingerprint density at radius 3 is 2.47 bits per heavy atom. The minimum absolute atomic E-state index is 0.172. The van der Waals surface area contributed by atoms with Crippen LogP contribution in [0.2, 0.25) is 0 Å². The fourth-order valence-corrected chi connectivity index (χ4v) is 4.32. The van der Waals surface area contributed by atoms with Crippen LogP contribution in [0, 0.1) is 13.8 Å². The fourth-order valence-electron chi connectivity index (χ4n) is 3.23. The van der Waals surface area contributed by atoms with Crippen molar-refractivity contribution in [1.82, 2.24) is 4.57 Å². The van der Waals surface area contributed by atoms with Gasteiger partial charge in [-0.2, -0.15) is 4.99 Å². The molecule has 3 rings (SSSR count). The van der Waals surface area contributed by atoms with Gasteiger partial charge in [-0.3, -0.25) is 4.79 Å². The van der Waals surface area contributed by atoms with Crippen molar-refractivity contribution in [1.29, 1.82) is 0 Å². The van der Waals surface area contributed by atoms with Crippen LogP contribution in [0.25, 0.3) is 10.2 Å². The summed E-state index contributed by atoms with van der Waals surface area (Å²) >= 11 is 1.46. The van der Waals surface area contributed by atoms with Crippen molar-refractivity contribution in [3.05, 3.63) is 51.8 Å². The van der Waals surface area contributed by atoms with E-state index in [0.717, 1.165) is 15.8 Å². The first-order chi connectivity index (χ1) is 14.5. The molecule has 1 aromatic heterocycles. The van der Waals surface area contributed by atoms with Gasteiger partial charge >= 0.3 is 0 Å². The first kappa shape index (κ1) is 22.1. The normalized spacial score (nSPS) is 11.8. The molecule has 1 amide bonds. The zero-order valence-corrected chi connectivity index (χ0v) is 19.0. The summed E-state index contributed by atoms with van der Waals surface area (Å²) in [7, 11) is 3.22. The lowest BCUT2D eigenvalue weighted by atomic mass is 10.0. The standard InChI is InChI=1S/C23H28N2O4S/c1-6-29-10-9-25-18-13-19(27-4)20(28-5)14-21(18)30-23(25)24-22(26)12-17-8-7-15(2)16(3)11-17/h7-8,11,13-14H,6,9-10,12H2,1-5H3. The molecule has 7 heteroatoms. The molecule has 6 nitrogen and oxygen atoms in total. The number of rotatable bonds is 8. The fraction of sp³-hybridized carbons (Fsp3) is 0.391. The number of ether oxygens (including phenoxy) is 3. The van der Waals surface area contributed by atoms with Crippen LogP contribution in [0.15, 0.2) is 35.3 Å². The number of benzene rings is 2. The lowest BCUT2D eigenvalue weighted by molar-refractivity contribution is -0.117. The second-order valence-corrected chi connectivity index (χ2v) is 8.02. The Morgan fingerprint density at radius 1 is 1.07 bits per heavy atom. The second-order valence-electron chi connectivity index (χ2n) is 7.01. The lowest BCUT2D eigenvalue weighted by Crippen LogP contribution is -2.20. The molecule has 0 unspecified atom stereocenters. The summed E-state index contributed by atoms with van der Waals surface area (Å²) in [6.45, 7) is 7.84. The summed E-state index contributed by atoms with van der Waals surface area (Å²) in [6, 6.07) is 9.91. The molecule has 0 saturated carbocycles. The van der Waals surface area contributed by atoms with Crippen molar-refractivity contribution in [2.24, 2.45) is 4.99 Å². The van der Waals surface area contributed by atoms with Gasteiger partial charge in [0.1, 0.15) is 0 Å². The minimum Gasteiger partial charge on any atom is -0.493 e. The Labute approximate surface area is 180 Å². The number of amides is 1. The Hall–Kier alpha value is -2.64. The van der Waals surface area contributed by atoms with Crippen LogP contribution < -0.4 is 14.3 Å². The van der Waals surface area contributed by atoms with Gasteiger partial charge in [-0.25, -0.2) is 0 Å². The summed E-state index contributed by atoms with van der Waals surface area (Å²) in [5.74, 6) is 1.12. The molecule has 1 heterocycles. The number of aromatic nitrogens is 1. The minimum atomic E-state index is -0.172. The number of nitrogens with zero attached hydrogens (tertiary/aromatic N) is 2. The monoisotopic (exact) mass is 428 g/mol. The van der Waals surface area contributed by atoms with E-state index in [0.29, 0.717) is 36.1 Å². The van der Waals surface area contributed by atoms with Gasteiger partial charge < -0.3 is 18.8 Å². The van der Waals surface area contributed by atoms with Gasteiger partial charge in [0.2, 0.25) is 0 Å².